The second-order valence-corrected chi connectivity index (χ2v) is 5.46. The lowest BCUT2D eigenvalue weighted by atomic mass is 10.4. The van der Waals surface area contributed by atoms with Crippen molar-refractivity contribution in [1.82, 2.24) is 9.97 Å². The van der Waals surface area contributed by atoms with Gasteiger partial charge < -0.3 is 9.64 Å². The largest absolute Gasteiger partial charge is 0.378 e. The summed E-state index contributed by atoms with van der Waals surface area (Å²) in [7, 11) is 0. The maximum Gasteiger partial charge on any atom is 0.225 e. The number of morpholine rings is 1. The van der Waals surface area contributed by atoms with Crippen LogP contribution in [0.3, 0.4) is 0 Å². The van der Waals surface area contributed by atoms with Gasteiger partial charge in [-0.25, -0.2) is 4.98 Å². The van der Waals surface area contributed by atoms with Crippen LogP contribution < -0.4 is 4.90 Å². The Bertz CT molecular complexity index is 371. The second kappa shape index (κ2) is 5.28. The lowest BCUT2D eigenvalue weighted by Gasteiger charge is -2.28. The van der Waals surface area contributed by atoms with Crippen molar-refractivity contribution in [1.29, 1.82) is 0 Å². The van der Waals surface area contributed by atoms with E-state index in [1.54, 1.807) is 0 Å². The zero-order valence-electron chi connectivity index (χ0n) is 7.71. The second-order valence-electron chi connectivity index (χ2n) is 3.02. The minimum atomic E-state index is 0.307. The van der Waals surface area contributed by atoms with Crippen molar-refractivity contribution in [2.24, 2.45) is 0 Å². The Balaban J connectivity index is 2.33. The van der Waals surface area contributed by atoms with Crippen molar-refractivity contribution >= 4 is 62.6 Å². The van der Waals surface area contributed by atoms with Gasteiger partial charge in [0, 0.05) is 13.1 Å². The molecule has 0 bridgehead atoms. The third-order valence-electron chi connectivity index (χ3n) is 2.08. The molecular formula is C8H8ClI2N3O. The van der Waals surface area contributed by atoms with Gasteiger partial charge in [0.05, 0.1) is 16.8 Å². The molecule has 2 rings (SSSR count). The topological polar surface area (TPSA) is 38.2 Å². The maximum absolute atomic E-state index is 5.85. The zero-order chi connectivity index (χ0) is 10.8. The van der Waals surface area contributed by atoms with Gasteiger partial charge in [-0.15, -0.1) is 0 Å². The highest BCUT2D eigenvalue weighted by molar-refractivity contribution is 14.1. The average molecular weight is 451 g/mol. The number of hydrogen-bond donors (Lipinski definition) is 0. The fraction of sp³-hybridized carbons (Fsp3) is 0.500. The molecule has 0 aromatic carbocycles. The van der Waals surface area contributed by atoms with Crippen molar-refractivity contribution in [3.8, 4) is 0 Å². The standard InChI is InChI=1S/C8H8ClI2N3O/c9-8-12-6(11)5(10)7(13-8)14-1-3-15-4-2-14/h1-4H2. The molecule has 0 N–H and O–H groups in total. The van der Waals surface area contributed by atoms with Gasteiger partial charge in [0.1, 0.15) is 9.52 Å². The van der Waals surface area contributed by atoms with E-state index in [4.69, 9.17) is 16.3 Å². The van der Waals surface area contributed by atoms with Gasteiger partial charge in [-0.3, -0.25) is 0 Å². The summed E-state index contributed by atoms with van der Waals surface area (Å²) in [6, 6.07) is 0. The molecule has 1 aromatic rings. The quantitative estimate of drug-likeness (QED) is 0.373. The minimum Gasteiger partial charge on any atom is -0.378 e. The first-order valence-electron chi connectivity index (χ1n) is 4.39. The summed E-state index contributed by atoms with van der Waals surface area (Å²) in [5.74, 6) is 0.920. The normalized spacial score (nSPS) is 16.9. The van der Waals surface area contributed by atoms with Crippen molar-refractivity contribution in [2.45, 2.75) is 0 Å². The van der Waals surface area contributed by atoms with E-state index in [0.29, 0.717) is 5.28 Å². The van der Waals surface area contributed by atoms with E-state index in [9.17, 15) is 0 Å². The third-order valence-corrected chi connectivity index (χ3v) is 5.05. The van der Waals surface area contributed by atoms with Crippen molar-refractivity contribution in [2.75, 3.05) is 31.2 Å². The van der Waals surface area contributed by atoms with Crippen molar-refractivity contribution in [3.63, 3.8) is 0 Å². The van der Waals surface area contributed by atoms with E-state index >= 15 is 0 Å². The molecular weight excluding hydrogens is 443 g/mol. The molecule has 0 radical (unpaired) electrons. The Morgan fingerprint density at radius 2 is 1.87 bits per heavy atom. The fourth-order valence-electron chi connectivity index (χ4n) is 1.37. The SMILES string of the molecule is Clc1nc(I)c(I)c(N2CCOCC2)n1. The van der Waals surface area contributed by atoms with E-state index in [1.165, 1.54) is 0 Å². The third kappa shape index (κ3) is 2.83. The molecule has 1 aromatic heterocycles. The Morgan fingerprint density at radius 1 is 1.20 bits per heavy atom. The van der Waals surface area contributed by atoms with Crippen molar-refractivity contribution < 1.29 is 4.74 Å². The minimum absolute atomic E-state index is 0.307. The van der Waals surface area contributed by atoms with Gasteiger partial charge in [0.25, 0.3) is 0 Å². The first-order valence-corrected chi connectivity index (χ1v) is 6.93. The van der Waals surface area contributed by atoms with Crippen LogP contribution in [0, 0.1) is 7.27 Å². The van der Waals surface area contributed by atoms with E-state index < -0.39 is 0 Å². The predicted octanol–water partition coefficient (Wildman–Crippen LogP) is 2.18. The molecule has 1 aliphatic heterocycles. The lowest BCUT2D eigenvalue weighted by molar-refractivity contribution is 0.122. The molecule has 1 saturated heterocycles. The molecule has 0 amide bonds. The first kappa shape index (κ1) is 12.1. The molecule has 2 heterocycles. The number of nitrogens with zero attached hydrogens (tertiary/aromatic N) is 3. The van der Waals surface area contributed by atoms with Crippen LogP contribution >= 0.6 is 56.8 Å². The van der Waals surface area contributed by atoms with Crippen LogP contribution in [0.5, 0.6) is 0 Å². The molecule has 15 heavy (non-hydrogen) atoms. The van der Waals surface area contributed by atoms with Crippen LogP contribution in [0.2, 0.25) is 5.28 Å². The fourth-order valence-corrected chi connectivity index (χ4v) is 2.73. The molecule has 1 aliphatic rings. The summed E-state index contributed by atoms with van der Waals surface area (Å²) >= 11 is 10.3. The Hall–Kier alpha value is 0.590. The maximum atomic E-state index is 5.85. The van der Waals surface area contributed by atoms with Gasteiger partial charge in [-0.2, -0.15) is 4.98 Å². The number of hydrogen-bond acceptors (Lipinski definition) is 4. The molecule has 0 spiro atoms. The highest BCUT2D eigenvalue weighted by Crippen LogP contribution is 2.25. The summed E-state index contributed by atoms with van der Waals surface area (Å²) < 4.78 is 7.25. The summed E-state index contributed by atoms with van der Waals surface area (Å²) in [5, 5.41) is 0.307. The van der Waals surface area contributed by atoms with Crippen LogP contribution in [0.25, 0.3) is 0 Å². The molecule has 1 fully saturated rings. The van der Waals surface area contributed by atoms with E-state index in [1.807, 2.05) is 0 Å². The summed E-state index contributed by atoms with van der Waals surface area (Å²) in [4.78, 5) is 10.6. The summed E-state index contributed by atoms with van der Waals surface area (Å²) in [5.41, 5.74) is 0. The monoisotopic (exact) mass is 451 g/mol. The first-order chi connectivity index (χ1) is 7.18. The van der Waals surface area contributed by atoms with Gasteiger partial charge >= 0.3 is 0 Å². The van der Waals surface area contributed by atoms with Gasteiger partial charge in [-0.1, -0.05) is 0 Å². The van der Waals surface area contributed by atoms with E-state index in [2.05, 4.69) is 60.0 Å². The molecule has 0 unspecified atom stereocenters. The number of aromatic nitrogens is 2. The van der Waals surface area contributed by atoms with Crippen molar-refractivity contribution in [3.05, 3.63) is 12.6 Å². The predicted molar refractivity (Wildman–Crippen MR) is 75.5 cm³/mol. The van der Waals surface area contributed by atoms with E-state index in [-0.39, 0.29) is 0 Å². The molecule has 0 aliphatic carbocycles. The van der Waals surface area contributed by atoms with Gasteiger partial charge in [0.15, 0.2) is 0 Å². The van der Waals surface area contributed by atoms with Crippen LogP contribution in [-0.4, -0.2) is 36.3 Å². The van der Waals surface area contributed by atoms with Crippen LogP contribution in [0.4, 0.5) is 5.82 Å². The van der Waals surface area contributed by atoms with Crippen LogP contribution in [0.1, 0.15) is 0 Å². The lowest BCUT2D eigenvalue weighted by Crippen LogP contribution is -2.37. The van der Waals surface area contributed by atoms with Crippen LogP contribution in [0.15, 0.2) is 0 Å². The highest BCUT2D eigenvalue weighted by atomic mass is 127. The number of halogens is 3. The average Bonchev–Trinajstić information content (AvgIpc) is 2.24. The Kier molecular flexibility index (Phi) is 4.24. The smallest absolute Gasteiger partial charge is 0.225 e. The van der Waals surface area contributed by atoms with Gasteiger partial charge in [0.2, 0.25) is 5.28 Å². The molecule has 0 saturated carbocycles. The molecule has 82 valence electrons. The Morgan fingerprint density at radius 3 is 2.53 bits per heavy atom. The highest BCUT2D eigenvalue weighted by Gasteiger charge is 2.18. The number of ether oxygens (including phenoxy) is 1. The molecule has 0 atom stereocenters. The zero-order valence-corrected chi connectivity index (χ0v) is 12.8. The molecule has 4 nitrogen and oxygen atoms in total. The number of anilines is 1. The number of rotatable bonds is 1. The van der Waals surface area contributed by atoms with Gasteiger partial charge in [-0.05, 0) is 56.8 Å². The Labute approximate surface area is 120 Å². The summed E-state index contributed by atoms with van der Waals surface area (Å²) in [6.45, 7) is 3.21. The molecule has 7 heteroatoms. The summed E-state index contributed by atoms with van der Waals surface area (Å²) in [6.07, 6.45) is 0. The van der Waals surface area contributed by atoms with Crippen LogP contribution in [-0.2, 0) is 4.74 Å². The van der Waals surface area contributed by atoms with E-state index in [0.717, 1.165) is 39.4 Å².